The molecule has 0 radical (unpaired) electrons. The molecular weight excluding hydrogens is 463 g/mol. The average Bonchev–Trinajstić information content (AvgIpc) is 3.14. The van der Waals surface area contributed by atoms with Gasteiger partial charge in [-0.15, -0.1) is 24.0 Å². The summed E-state index contributed by atoms with van der Waals surface area (Å²) >= 11 is 0. The van der Waals surface area contributed by atoms with Crippen molar-refractivity contribution in [3.05, 3.63) is 29.8 Å². The molecule has 2 aliphatic heterocycles. The first-order valence-electron chi connectivity index (χ1n) is 10.6. The highest BCUT2D eigenvalue weighted by atomic mass is 127. The maximum absolute atomic E-state index is 5.48. The highest BCUT2D eigenvalue weighted by Gasteiger charge is 2.23. The van der Waals surface area contributed by atoms with Crippen molar-refractivity contribution < 1.29 is 4.74 Å². The minimum atomic E-state index is 0. The van der Waals surface area contributed by atoms with Crippen LogP contribution in [0.3, 0.4) is 0 Å². The Morgan fingerprint density at radius 2 is 2.07 bits per heavy atom. The number of anilines is 1. The van der Waals surface area contributed by atoms with Gasteiger partial charge in [-0.2, -0.15) is 0 Å². The molecule has 2 aliphatic rings. The minimum absolute atomic E-state index is 0. The van der Waals surface area contributed by atoms with Crippen molar-refractivity contribution in [2.75, 3.05) is 51.3 Å². The SMILES string of the molecule is CCNC(=NCC(C)N1CCc2ccccc21)N(C)CCC1CCOCC1.I. The molecule has 0 amide bonds. The number of hydrogen-bond donors (Lipinski definition) is 1. The minimum Gasteiger partial charge on any atom is -0.381 e. The molecule has 1 fully saturated rings. The molecule has 5 nitrogen and oxygen atoms in total. The Balaban J connectivity index is 0.00000280. The van der Waals surface area contributed by atoms with Gasteiger partial charge in [0.2, 0.25) is 0 Å². The Labute approximate surface area is 187 Å². The number of para-hydroxylation sites is 1. The van der Waals surface area contributed by atoms with Crippen molar-refractivity contribution in [2.45, 2.75) is 45.6 Å². The summed E-state index contributed by atoms with van der Waals surface area (Å²) in [5.74, 6) is 1.83. The first-order chi connectivity index (χ1) is 13.2. The lowest BCUT2D eigenvalue weighted by Gasteiger charge is -2.29. The summed E-state index contributed by atoms with van der Waals surface area (Å²) in [5, 5.41) is 3.47. The molecule has 1 N–H and O–H groups in total. The summed E-state index contributed by atoms with van der Waals surface area (Å²) in [6.07, 6.45) is 4.77. The molecule has 0 aliphatic carbocycles. The van der Waals surface area contributed by atoms with Gasteiger partial charge >= 0.3 is 0 Å². The number of hydrogen-bond acceptors (Lipinski definition) is 3. The fourth-order valence-electron chi connectivity index (χ4n) is 4.13. The zero-order valence-electron chi connectivity index (χ0n) is 17.7. The van der Waals surface area contributed by atoms with Crippen molar-refractivity contribution in [2.24, 2.45) is 10.9 Å². The molecule has 158 valence electrons. The van der Waals surface area contributed by atoms with Crippen LogP contribution in [0.2, 0.25) is 0 Å². The van der Waals surface area contributed by atoms with Crippen LogP contribution in [-0.4, -0.2) is 63.3 Å². The lowest BCUT2D eigenvalue weighted by molar-refractivity contribution is 0.0625. The van der Waals surface area contributed by atoms with Crippen LogP contribution in [0, 0.1) is 5.92 Å². The highest BCUT2D eigenvalue weighted by molar-refractivity contribution is 14.0. The summed E-state index contributed by atoms with van der Waals surface area (Å²) in [4.78, 5) is 9.76. The molecule has 28 heavy (non-hydrogen) atoms. The van der Waals surface area contributed by atoms with Gasteiger partial charge in [-0.1, -0.05) is 18.2 Å². The summed E-state index contributed by atoms with van der Waals surface area (Å²) in [6, 6.07) is 9.18. The molecule has 1 aromatic rings. The number of aliphatic imine (C=N–C) groups is 1. The van der Waals surface area contributed by atoms with Gasteiger partial charge in [0.15, 0.2) is 5.96 Å². The van der Waals surface area contributed by atoms with E-state index in [2.05, 4.69) is 60.3 Å². The zero-order valence-corrected chi connectivity index (χ0v) is 20.0. The van der Waals surface area contributed by atoms with E-state index in [9.17, 15) is 0 Å². The van der Waals surface area contributed by atoms with E-state index in [0.717, 1.165) is 57.7 Å². The van der Waals surface area contributed by atoms with Gasteiger partial charge in [0.25, 0.3) is 0 Å². The number of halogens is 1. The van der Waals surface area contributed by atoms with Crippen LogP contribution in [-0.2, 0) is 11.2 Å². The van der Waals surface area contributed by atoms with E-state index >= 15 is 0 Å². The van der Waals surface area contributed by atoms with Crippen molar-refractivity contribution in [3.8, 4) is 0 Å². The molecule has 1 unspecified atom stereocenters. The number of rotatable bonds is 7. The molecule has 0 saturated carbocycles. The molecule has 6 heteroatoms. The van der Waals surface area contributed by atoms with Crippen LogP contribution in [0.4, 0.5) is 5.69 Å². The second-order valence-electron chi connectivity index (χ2n) is 7.88. The third-order valence-corrected chi connectivity index (χ3v) is 5.87. The summed E-state index contributed by atoms with van der Waals surface area (Å²) in [5.41, 5.74) is 2.85. The normalized spacial score (nSPS) is 18.4. The van der Waals surface area contributed by atoms with Gasteiger partial charge in [0.05, 0.1) is 6.54 Å². The van der Waals surface area contributed by atoms with Crippen molar-refractivity contribution in [1.82, 2.24) is 10.2 Å². The third-order valence-electron chi connectivity index (χ3n) is 5.87. The molecule has 1 saturated heterocycles. The number of fused-ring (bicyclic) bond motifs is 1. The van der Waals surface area contributed by atoms with Gasteiger partial charge in [-0.05, 0) is 57.1 Å². The van der Waals surface area contributed by atoms with Crippen LogP contribution in [0.25, 0.3) is 0 Å². The maximum atomic E-state index is 5.48. The Morgan fingerprint density at radius 3 is 2.82 bits per heavy atom. The quantitative estimate of drug-likeness (QED) is 0.352. The van der Waals surface area contributed by atoms with Gasteiger partial charge in [0.1, 0.15) is 0 Å². The third kappa shape index (κ3) is 6.24. The predicted molar refractivity (Wildman–Crippen MR) is 129 cm³/mol. The molecule has 0 bridgehead atoms. The van der Waals surface area contributed by atoms with Gasteiger partial charge in [-0.3, -0.25) is 4.99 Å². The standard InChI is InChI=1S/C22H36N4O.HI/c1-4-23-22(25(3)13-9-19-11-15-27-16-12-19)24-17-18(2)26-14-10-20-7-5-6-8-21(20)26;/h5-8,18-19H,4,9-17H2,1-3H3,(H,23,24);1H. The average molecular weight is 500 g/mol. The Kier molecular flexibility index (Phi) is 9.85. The first-order valence-corrected chi connectivity index (χ1v) is 10.6. The molecular formula is C22H37IN4O. The van der Waals surface area contributed by atoms with E-state index in [1.165, 1.54) is 30.5 Å². The summed E-state index contributed by atoms with van der Waals surface area (Å²) in [7, 11) is 2.16. The van der Waals surface area contributed by atoms with Crippen molar-refractivity contribution in [1.29, 1.82) is 0 Å². The second kappa shape index (κ2) is 11.9. The topological polar surface area (TPSA) is 40.1 Å². The van der Waals surface area contributed by atoms with Crippen LogP contribution >= 0.6 is 24.0 Å². The van der Waals surface area contributed by atoms with E-state index in [1.807, 2.05) is 0 Å². The lowest BCUT2D eigenvalue weighted by atomic mass is 9.96. The van der Waals surface area contributed by atoms with Gasteiger partial charge < -0.3 is 19.9 Å². The van der Waals surface area contributed by atoms with E-state index in [4.69, 9.17) is 9.73 Å². The van der Waals surface area contributed by atoms with Gasteiger partial charge in [0, 0.05) is 51.6 Å². The van der Waals surface area contributed by atoms with Crippen LogP contribution in [0.1, 0.15) is 38.7 Å². The fraction of sp³-hybridized carbons (Fsp3) is 0.682. The van der Waals surface area contributed by atoms with E-state index < -0.39 is 0 Å². The van der Waals surface area contributed by atoms with Crippen LogP contribution < -0.4 is 10.2 Å². The Morgan fingerprint density at radius 1 is 1.32 bits per heavy atom. The largest absolute Gasteiger partial charge is 0.381 e. The number of nitrogens with one attached hydrogen (secondary N) is 1. The second-order valence-corrected chi connectivity index (χ2v) is 7.88. The molecule has 0 spiro atoms. The molecule has 3 rings (SSSR count). The smallest absolute Gasteiger partial charge is 0.193 e. The highest BCUT2D eigenvalue weighted by Crippen LogP contribution is 2.29. The zero-order chi connectivity index (χ0) is 19.1. The van der Waals surface area contributed by atoms with Gasteiger partial charge in [-0.25, -0.2) is 0 Å². The van der Waals surface area contributed by atoms with E-state index in [1.54, 1.807) is 0 Å². The number of benzene rings is 1. The molecule has 1 atom stereocenters. The molecule has 2 heterocycles. The number of guanidine groups is 1. The van der Waals surface area contributed by atoms with Crippen LogP contribution in [0.15, 0.2) is 29.3 Å². The summed E-state index contributed by atoms with van der Waals surface area (Å²) in [6.45, 7) is 10.2. The van der Waals surface area contributed by atoms with Crippen LogP contribution in [0.5, 0.6) is 0 Å². The molecule has 0 aromatic heterocycles. The number of ether oxygens (including phenoxy) is 1. The Hall–Kier alpha value is -1.02. The Bertz CT molecular complexity index is 618. The molecule has 1 aromatic carbocycles. The fourth-order valence-corrected chi connectivity index (χ4v) is 4.13. The number of nitrogens with zero attached hydrogens (tertiary/aromatic N) is 3. The monoisotopic (exact) mass is 500 g/mol. The van der Waals surface area contributed by atoms with E-state index in [0.29, 0.717) is 6.04 Å². The predicted octanol–water partition coefficient (Wildman–Crippen LogP) is 3.77. The lowest BCUT2D eigenvalue weighted by Crippen LogP contribution is -2.41. The first kappa shape index (κ1) is 23.3. The van der Waals surface area contributed by atoms with E-state index in [-0.39, 0.29) is 24.0 Å². The summed E-state index contributed by atoms with van der Waals surface area (Å²) < 4.78 is 5.48. The van der Waals surface area contributed by atoms with Crippen molar-refractivity contribution in [3.63, 3.8) is 0 Å². The maximum Gasteiger partial charge on any atom is 0.193 e. The van der Waals surface area contributed by atoms with Crippen molar-refractivity contribution >= 4 is 35.6 Å².